The Labute approximate surface area is 111 Å². The number of rotatable bonds is 4. The van der Waals surface area contributed by atoms with E-state index in [1.54, 1.807) is 0 Å². The fourth-order valence-electron chi connectivity index (χ4n) is 1.49. The SMILES string of the molecule is CCCNc1cc(C(F)(F)F)cc(NC(C)(C)C)n1. The van der Waals surface area contributed by atoms with E-state index in [0.29, 0.717) is 6.54 Å². The summed E-state index contributed by atoms with van der Waals surface area (Å²) in [6, 6.07) is 2.06. The van der Waals surface area contributed by atoms with Crippen molar-refractivity contribution in [3.05, 3.63) is 17.7 Å². The summed E-state index contributed by atoms with van der Waals surface area (Å²) in [5.74, 6) is 0.462. The summed E-state index contributed by atoms with van der Waals surface area (Å²) < 4.78 is 38.5. The molecule has 0 aliphatic heterocycles. The molecule has 1 heterocycles. The van der Waals surface area contributed by atoms with Crippen LogP contribution in [-0.4, -0.2) is 17.1 Å². The number of nitrogens with one attached hydrogen (secondary N) is 2. The lowest BCUT2D eigenvalue weighted by molar-refractivity contribution is -0.137. The zero-order valence-corrected chi connectivity index (χ0v) is 11.7. The topological polar surface area (TPSA) is 37.0 Å². The van der Waals surface area contributed by atoms with Crippen LogP contribution in [0.2, 0.25) is 0 Å². The number of hydrogen-bond acceptors (Lipinski definition) is 3. The fraction of sp³-hybridized carbons (Fsp3) is 0.615. The van der Waals surface area contributed by atoms with Crippen LogP contribution in [0.15, 0.2) is 12.1 Å². The van der Waals surface area contributed by atoms with Crippen molar-refractivity contribution in [1.82, 2.24) is 4.98 Å². The number of aromatic nitrogens is 1. The highest BCUT2D eigenvalue weighted by Gasteiger charge is 2.32. The largest absolute Gasteiger partial charge is 0.416 e. The van der Waals surface area contributed by atoms with Gasteiger partial charge in [0.2, 0.25) is 0 Å². The normalized spacial score (nSPS) is 12.4. The number of hydrogen-bond donors (Lipinski definition) is 2. The van der Waals surface area contributed by atoms with E-state index in [9.17, 15) is 13.2 Å². The molecule has 108 valence electrons. The zero-order valence-electron chi connectivity index (χ0n) is 11.7. The Morgan fingerprint density at radius 2 is 1.68 bits per heavy atom. The van der Waals surface area contributed by atoms with Gasteiger partial charge in [-0.25, -0.2) is 4.98 Å². The molecule has 0 atom stereocenters. The predicted octanol–water partition coefficient (Wildman–Crippen LogP) is 4.13. The number of anilines is 2. The van der Waals surface area contributed by atoms with E-state index in [4.69, 9.17) is 0 Å². The third-order valence-electron chi connectivity index (χ3n) is 2.21. The Morgan fingerprint density at radius 3 is 2.16 bits per heavy atom. The second-order valence-electron chi connectivity index (χ2n) is 5.43. The van der Waals surface area contributed by atoms with Crippen molar-refractivity contribution in [2.45, 2.75) is 45.8 Å². The standard InChI is InChI=1S/C13H20F3N3/c1-5-6-17-10-7-9(13(14,15)16)8-11(18-10)19-12(2,3)4/h7-8H,5-6H2,1-4H3,(H2,17,18,19). The van der Waals surface area contributed by atoms with Crippen molar-refractivity contribution in [1.29, 1.82) is 0 Å². The number of alkyl halides is 3. The average Bonchev–Trinajstić information content (AvgIpc) is 2.22. The third-order valence-corrected chi connectivity index (χ3v) is 2.21. The Hall–Kier alpha value is -1.46. The average molecular weight is 275 g/mol. The molecular weight excluding hydrogens is 255 g/mol. The first-order chi connectivity index (χ1) is 8.62. The highest BCUT2D eigenvalue weighted by molar-refractivity contribution is 5.50. The maximum absolute atomic E-state index is 12.8. The molecule has 0 aliphatic carbocycles. The highest BCUT2D eigenvalue weighted by Crippen LogP contribution is 2.32. The van der Waals surface area contributed by atoms with Crippen LogP contribution >= 0.6 is 0 Å². The molecule has 6 heteroatoms. The maximum atomic E-state index is 12.8. The lowest BCUT2D eigenvalue weighted by Crippen LogP contribution is -2.27. The van der Waals surface area contributed by atoms with Crippen molar-refractivity contribution in [3.8, 4) is 0 Å². The van der Waals surface area contributed by atoms with Crippen LogP contribution in [0.4, 0.5) is 24.8 Å². The molecule has 0 saturated carbocycles. The molecular formula is C13H20F3N3. The zero-order chi connectivity index (χ0) is 14.7. The minimum atomic E-state index is -4.38. The van der Waals surface area contributed by atoms with Crippen LogP contribution < -0.4 is 10.6 Å². The maximum Gasteiger partial charge on any atom is 0.416 e. The van der Waals surface area contributed by atoms with Crippen molar-refractivity contribution in [3.63, 3.8) is 0 Å². The molecule has 1 rings (SSSR count). The Bertz CT molecular complexity index is 422. The monoisotopic (exact) mass is 275 g/mol. The summed E-state index contributed by atoms with van der Waals surface area (Å²) >= 11 is 0. The highest BCUT2D eigenvalue weighted by atomic mass is 19.4. The van der Waals surface area contributed by atoms with E-state index in [1.165, 1.54) is 0 Å². The quantitative estimate of drug-likeness (QED) is 0.867. The van der Waals surface area contributed by atoms with Crippen LogP contribution in [-0.2, 0) is 6.18 Å². The summed E-state index contributed by atoms with van der Waals surface area (Å²) in [5, 5.41) is 5.84. The van der Waals surface area contributed by atoms with Gasteiger partial charge in [-0.05, 0) is 39.3 Å². The second kappa shape index (κ2) is 5.67. The summed E-state index contributed by atoms with van der Waals surface area (Å²) in [4.78, 5) is 4.15. The molecule has 1 aromatic rings. The van der Waals surface area contributed by atoms with Gasteiger partial charge in [-0.3, -0.25) is 0 Å². The van der Waals surface area contributed by atoms with Gasteiger partial charge in [0.15, 0.2) is 0 Å². The molecule has 0 spiro atoms. The minimum Gasteiger partial charge on any atom is -0.370 e. The molecule has 0 amide bonds. The van der Waals surface area contributed by atoms with Gasteiger partial charge >= 0.3 is 6.18 Å². The summed E-state index contributed by atoms with van der Waals surface area (Å²) in [5.41, 5.74) is -1.05. The molecule has 0 radical (unpaired) electrons. The summed E-state index contributed by atoms with van der Waals surface area (Å²) in [7, 11) is 0. The van der Waals surface area contributed by atoms with Gasteiger partial charge in [0.25, 0.3) is 0 Å². The van der Waals surface area contributed by atoms with E-state index in [1.807, 2.05) is 27.7 Å². The van der Waals surface area contributed by atoms with Crippen LogP contribution in [0.5, 0.6) is 0 Å². The van der Waals surface area contributed by atoms with E-state index >= 15 is 0 Å². The molecule has 2 N–H and O–H groups in total. The van der Waals surface area contributed by atoms with Crippen LogP contribution in [0.3, 0.4) is 0 Å². The summed E-state index contributed by atoms with van der Waals surface area (Å²) in [6.45, 7) is 8.13. The van der Waals surface area contributed by atoms with E-state index in [-0.39, 0.29) is 17.2 Å². The fourth-order valence-corrected chi connectivity index (χ4v) is 1.49. The molecule has 0 aromatic carbocycles. The van der Waals surface area contributed by atoms with Gasteiger partial charge in [0, 0.05) is 12.1 Å². The van der Waals surface area contributed by atoms with E-state index < -0.39 is 11.7 Å². The first kappa shape index (κ1) is 15.6. The number of halogens is 3. The molecule has 0 unspecified atom stereocenters. The summed E-state index contributed by atoms with van der Waals surface area (Å²) in [6.07, 6.45) is -3.56. The van der Waals surface area contributed by atoms with Gasteiger partial charge in [0.05, 0.1) is 5.56 Å². The molecule has 3 nitrogen and oxygen atoms in total. The van der Waals surface area contributed by atoms with Crippen molar-refractivity contribution in [2.24, 2.45) is 0 Å². The molecule has 0 aliphatic rings. The van der Waals surface area contributed by atoms with Gasteiger partial charge < -0.3 is 10.6 Å². The van der Waals surface area contributed by atoms with E-state index in [2.05, 4.69) is 15.6 Å². The third kappa shape index (κ3) is 5.36. The van der Waals surface area contributed by atoms with Gasteiger partial charge in [0.1, 0.15) is 11.6 Å². The molecule has 19 heavy (non-hydrogen) atoms. The Kier molecular flexibility index (Phi) is 4.66. The molecule has 0 fully saturated rings. The first-order valence-corrected chi connectivity index (χ1v) is 6.23. The minimum absolute atomic E-state index is 0.223. The van der Waals surface area contributed by atoms with Crippen LogP contribution in [0.1, 0.15) is 39.7 Å². The number of nitrogens with zero attached hydrogens (tertiary/aromatic N) is 1. The van der Waals surface area contributed by atoms with Crippen molar-refractivity contribution >= 4 is 11.6 Å². The molecule has 0 bridgehead atoms. The van der Waals surface area contributed by atoms with Crippen LogP contribution in [0.25, 0.3) is 0 Å². The van der Waals surface area contributed by atoms with Gasteiger partial charge in [-0.15, -0.1) is 0 Å². The van der Waals surface area contributed by atoms with Crippen LogP contribution in [0, 0.1) is 0 Å². The Morgan fingerprint density at radius 1 is 1.11 bits per heavy atom. The Balaban J connectivity index is 3.09. The van der Waals surface area contributed by atoms with Crippen molar-refractivity contribution < 1.29 is 13.2 Å². The second-order valence-corrected chi connectivity index (χ2v) is 5.43. The van der Waals surface area contributed by atoms with Gasteiger partial charge in [-0.1, -0.05) is 6.92 Å². The lowest BCUT2D eigenvalue weighted by atomic mass is 10.1. The predicted molar refractivity (Wildman–Crippen MR) is 71.4 cm³/mol. The molecule has 0 saturated heterocycles. The van der Waals surface area contributed by atoms with Gasteiger partial charge in [-0.2, -0.15) is 13.2 Å². The lowest BCUT2D eigenvalue weighted by Gasteiger charge is -2.22. The first-order valence-electron chi connectivity index (χ1n) is 6.23. The van der Waals surface area contributed by atoms with Crippen molar-refractivity contribution in [2.75, 3.05) is 17.2 Å². The smallest absolute Gasteiger partial charge is 0.370 e. The van der Waals surface area contributed by atoms with E-state index in [0.717, 1.165) is 18.6 Å². The number of pyridine rings is 1. The molecule has 1 aromatic heterocycles.